The Morgan fingerprint density at radius 3 is 2.44 bits per heavy atom. The molecule has 0 saturated heterocycles. The molecular weight excluding hydrogens is 336 g/mol. The molecule has 5 heteroatoms. The summed E-state index contributed by atoms with van der Waals surface area (Å²) in [7, 11) is 0. The van der Waals surface area contributed by atoms with Crippen LogP contribution in [0.4, 0.5) is 0 Å². The molecule has 0 aliphatic heterocycles. The second-order valence-corrected chi connectivity index (χ2v) is 5.73. The van der Waals surface area contributed by atoms with Crippen LogP contribution in [-0.2, 0) is 11.3 Å². The fourth-order valence-electron chi connectivity index (χ4n) is 2.44. The molecule has 0 bridgehead atoms. The van der Waals surface area contributed by atoms with Gasteiger partial charge < -0.3 is 15.8 Å². The number of ether oxygens (including phenoxy) is 1. The second-order valence-electron chi connectivity index (χ2n) is 5.73. The minimum absolute atomic E-state index is 0. The molecule has 130 valence electrons. The van der Waals surface area contributed by atoms with Gasteiger partial charge in [-0.15, -0.1) is 12.4 Å². The van der Waals surface area contributed by atoms with Gasteiger partial charge in [0, 0.05) is 11.9 Å². The number of carbonyl (C=O) groups excluding carboxylic acids is 1. The lowest BCUT2D eigenvalue weighted by Gasteiger charge is -2.10. The maximum absolute atomic E-state index is 11.5. The van der Waals surface area contributed by atoms with E-state index >= 15 is 0 Å². The molecule has 0 fully saturated rings. The number of hydrogen-bond donors (Lipinski definition) is 2. The first kappa shape index (κ1) is 18.8. The van der Waals surface area contributed by atoms with Crippen LogP contribution >= 0.6 is 12.4 Å². The van der Waals surface area contributed by atoms with E-state index < -0.39 is 6.04 Å². The molecule has 0 saturated carbocycles. The van der Waals surface area contributed by atoms with Crippen molar-refractivity contribution < 1.29 is 9.53 Å². The summed E-state index contributed by atoms with van der Waals surface area (Å²) in [5, 5.41) is 5.01. The van der Waals surface area contributed by atoms with E-state index in [9.17, 15) is 4.79 Å². The third-order valence-electron chi connectivity index (χ3n) is 3.78. The predicted octanol–water partition coefficient (Wildman–Crippen LogP) is 4.02. The lowest BCUT2D eigenvalue weighted by atomic mass is 10.1. The number of halogens is 1. The van der Waals surface area contributed by atoms with Crippen LogP contribution < -0.4 is 15.8 Å². The van der Waals surface area contributed by atoms with Crippen molar-refractivity contribution in [1.82, 2.24) is 5.32 Å². The highest BCUT2D eigenvalue weighted by Crippen LogP contribution is 2.29. The van der Waals surface area contributed by atoms with Crippen molar-refractivity contribution in [1.29, 1.82) is 0 Å². The molecular formula is C20H21ClN2O2. The topological polar surface area (TPSA) is 64.4 Å². The third kappa shape index (κ3) is 4.72. The summed E-state index contributed by atoms with van der Waals surface area (Å²) in [6.45, 7) is 2.12. The fourth-order valence-corrected chi connectivity index (χ4v) is 2.44. The summed E-state index contributed by atoms with van der Waals surface area (Å²) in [6.07, 6.45) is 0. The van der Waals surface area contributed by atoms with Crippen molar-refractivity contribution in [2.75, 3.05) is 0 Å². The van der Waals surface area contributed by atoms with Gasteiger partial charge in [0.25, 0.3) is 0 Å². The van der Waals surface area contributed by atoms with E-state index in [0.717, 1.165) is 27.8 Å². The van der Waals surface area contributed by atoms with Crippen LogP contribution in [0.3, 0.4) is 0 Å². The van der Waals surface area contributed by atoms with Crippen molar-refractivity contribution in [3.8, 4) is 11.5 Å². The molecule has 25 heavy (non-hydrogen) atoms. The Bertz CT molecular complexity index is 842. The maximum atomic E-state index is 11.5. The van der Waals surface area contributed by atoms with Crippen molar-refractivity contribution in [2.45, 2.75) is 19.5 Å². The lowest BCUT2D eigenvalue weighted by molar-refractivity contribution is -0.122. The average Bonchev–Trinajstić information content (AvgIpc) is 2.61. The van der Waals surface area contributed by atoms with E-state index in [1.807, 2.05) is 54.6 Å². The van der Waals surface area contributed by atoms with Crippen LogP contribution in [0.1, 0.15) is 12.5 Å². The van der Waals surface area contributed by atoms with Crippen LogP contribution in [-0.4, -0.2) is 11.9 Å². The molecule has 1 atom stereocenters. The van der Waals surface area contributed by atoms with Crippen molar-refractivity contribution in [3.05, 3.63) is 72.3 Å². The van der Waals surface area contributed by atoms with Crippen molar-refractivity contribution in [3.63, 3.8) is 0 Å². The zero-order chi connectivity index (χ0) is 16.9. The highest BCUT2D eigenvalue weighted by Gasteiger charge is 2.07. The Balaban J connectivity index is 0.00000225. The van der Waals surface area contributed by atoms with Crippen molar-refractivity contribution in [2.24, 2.45) is 5.73 Å². The Morgan fingerprint density at radius 1 is 1.04 bits per heavy atom. The normalized spacial score (nSPS) is 11.4. The van der Waals surface area contributed by atoms with E-state index in [-0.39, 0.29) is 18.3 Å². The maximum Gasteiger partial charge on any atom is 0.236 e. The van der Waals surface area contributed by atoms with Crippen LogP contribution in [0.5, 0.6) is 11.5 Å². The molecule has 0 spiro atoms. The summed E-state index contributed by atoms with van der Waals surface area (Å²) in [4.78, 5) is 11.5. The number of fused-ring (bicyclic) bond motifs is 1. The molecule has 0 heterocycles. The van der Waals surface area contributed by atoms with Gasteiger partial charge in [-0.3, -0.25) is 4.79 Å². The molecule has 0 aromatic heterocycles. The molecule has 3 N–H and O–H groups in total. The highest BCUT2D eigenvalue weighted by atomic mass is 35.5. The monoisotopic (exact) mass is 356 g/mol. The van der Waals surface area contributed by atoms with Crippen LogP contribution in [0.25, 0.3) is 10.8 Å². The average molecular weight is 357 g/mol. The summed E-state index contributed by atoms with van der Waals surface area (Å²) in [5.74, 6) is 1.42. The minimum atomic E-state index is -0.501. The number of rotatable bonds is 5. The Hall–Kier alpha value is -2.56. The SMILES string of the molecule is C[C@H](N)C(=O)NCc1ccc(Oc2cccc3ccccc23)cc1.Cl. The summed E-state index contributed by atoms with van der Waals surface area (Å²) < 4.78 is 6.00. The number of carbonyl (C=O) groups is 1. The quantitative estimate of drug-likeness (QED) is 0.725. The summed E-state index contributed by atoms with van der Waals surface area (Å²) in [6, 6.07) is 21.3. The molecule has 3 aromatic carbocycles. The standard InChI is InChI=1S/C20H20N2O2.ClH/c1-14(21)20(23)22-13-15-9-11-17(12-10-15)24-19-8-4-6-16-5-2-3-7-18(16)19;/h2-12,14H,13,21H2,1H3,(H,22,23);1H/t14-;/m0./s1. The smallest absolute Gasteiger partial charge is 0.236 e. The van der Waals surface area contributed by atoms with Gasteiger partial charge in [-0.25, -0.2) is 0 Å². The van der Waals surface area contributed by atoms with E-state index in [1.54, 1.807) is 6.92 Å². The number of amides is 1. The van der Waals surface area contributed by atoms with Gasteiger partial charge in [-0.05, 0) is 36.1 Å². The molecule has 0 aliphatic carbocycles. The van der Waals surface area contributed by atoms with Crippen LogP contribution in [0.15, 0.2) is 66.7 Å². The van der Waals surface area contributed by atoms with Gasteiger partial charge in [0.2, 0.25) is 5.91 Å². The van der Waals surface area contributed by atoms with Gasteiger partial charge in [0.1, 0.15) is 11.5 Å². The largest absolute Gasteiger partial charge is 0.457 e. The third-order valence-corrected chi connectivity index (χ3v) is 3.78. The summed E-state index contributed by atoms with van der Waals surface area (Å²) >= 11 is 0. The minimum Gasteiger partial charge on any atom is -0.457 e. The first-order valence-corrected chi connectivity index (χ1v) is 7.91. The van der Waals surface area contributed by atoms with Gasteiger partial charge in [-0.1, -0.05) is 48.5 Å². The Labute approximate surface area is 153 Å². The summed E-state index contributed by atoms with van der Waals surface area (Å²) in [5.41, 5.74) is 6.52. The first-order chi connectivity index (χ1) is 11.6. The predicted molar refractivity (Wildman–Crippen MR) is 103 cm³/mol. The molecule has 1 amide bonds. The van der Waals surface area contributed by atoms with Gasteiger partial charge in [0.05, 0.1) is 6.04 Å². The Kier molecular flexibility index (Phi) is 6.39. The van der Waals surface area contributed by atoms with Crippen molar-refractivity contribution >= 4 is 29.1 Å². The van der Waals surface area contributed by atoms with E-state index in [0.29, 0.717) is 6.54 Å². The lowest BCUT2D eigenvalue weighted by Crippen LogP contribution is -2.37. The second kappa shape index (κ2) is 8.51. The molecule has 0 unspecified atom stereocenters. The zero-order valence-corrected chi connectivity index (χ0v) is 14.8. The number of benzene rings is 3. The van der Waals surface area contributed by atoms with Crippen LogP contribution in [0.2, 0.25) is 0 Å². The molecule has 0 aliphatic rings. The van der Waals surface area contributed by atoms with E-state index in [2.05, 4.69) is 17.4 Å². The van der Waals surface area contributed by atoms with Gasteiger partial charge >= 0.3 is 0 Å². The number of hydrogen-bond acceptors (Lipinski definition) is 3. The van der Waals surface area contributed by atoms with Gasteiger partial charge in [0.15, 0.2) is 0 Å². The Morgan fingerprint density at radius 2 is 1.72 bits per heavy atom. The van der Waals surface area contributed by atoms with E-state index in [1.165, 1.54) is 0 Å². The van der Waals surface area contributed by atoms with Crippen LogP contribution in [0, 0.1) is 0 Å². The number of nitrogens with two attached hydrogens (primary N) is 1. The zero-order valence-electron chi connectivity index (χ0n) is 13.9. The van der Waals surface area contributed by atoms with E-state index in [4.69, 9.17) is 10.5 Å². The molecule has 3 aromatic rings. The molecule has 4 nitrogen and oxygen atoms in total. The fraction of sp³-hybridized carbons (Fsp3) is 0.150. The highest BCUT2D eigenvalue weighted by molar-refractivity contribution is 5.88. The molecule has 0 radical (unpaired) electrons. The number of nitrogens with one attached hydrogen (secondary N) is 1. The first-order valence-electron chi connectivity index (χ1n) is 7.91. The molecule has 3 rings (SSSR count). The van der Waals surface area contributed by atoms with Gasteiger partial charge in [-0.2, -0.15) is 0 Å².